The highest BCUT2D eigenvalue weighted by atomic mass is 15.1. The third-order valence-corrected chi connectivity index (χ3v) is 4.65. The number of anilines is 1. The molecule has 2 aromatic heterocycles. The lowest BCUT2D eigenvalue weighted by Gasteiger charge is -2.17. The molecule has 2 N–H and O–H groups in total. The van der Waals surface area contributed by atoms with E-state index in [1.807, 2.05) is 24.7 Å². The van der Waals surface area contributed by atoms with Gasteiger partial charge in [-0.25, -0.2) is 9.97 Å². The molecule has 2 aliphatic rings. The minimum atomic E-state index is 0.562. The molecule has 19 heavy (non-hydrogen) atoms. The standard InChI is InChI=1S/C15H18N4/c16-14-12(2-1-7-18-14)13-8-17-10-19(13)9-15(5-6-15)11-3-4-11/h1-2,7-8,10-11H,3-6,9H2,(H2,16,18). The van der Waals surface area contributed by atoms with Gasteiger partial charge >= 0.3 is 0 Å². The number of nitrogens with zero attached hydrogens (tertiary/aromatic N) is 3. The van der Waals surface area contributed by atoms with Crippen molar-refractivity contribution in [3.63, 3.8) is 0 Å². The van der Waals surface area contributed by atoms with Gasteiger partial charge in [-0.15, -0.1) is 0 Å². The average molecular weight is 254 g/mol. The zero-order valence-corrected chi connectivity index (χ0v) is 10.9. The molecule has 2 saturated carbocycles. The minimum Gasteiger partial charge on any atom is -0.383 e. The molecule has 0 atom stereocenters. The van der Waals surface area contributed by atoms with E-state index in [1.54, 1.807) is 6.20 Å². The summed E-state index contributed by atoms with van der Waals surface area (Å²) in [7, 11) is 0. The zero-order valence-electron chi connectivity index (χ0n) is 10.9. The van der Waals surface area contributed by atoms with E-state index in [4.69, 9.17) is 5.73 Å². The molecule has 0 radical (unpaired) electrons. The lowest BCUT2D eigenvalue weighted by atomic mass is 10.0. The maximum Gasteiger partial charge on any atom is 0.132 e. The Labute approximate surface area is 112 Å². The highest BCUT2D eigenvalue weighted by Gasteiger charge is 2.53. The molecule has 0 amide bonds. The SMILES string of the molecule is Nc1ncccc1-c1cncn1CC1(C2CC2)CC1. The Bertz CT molecular complexity index is 608. The van der Waals surface area contributed by atoms with E-state index in [1.165, 1.54) is 25.7 Å². The lowest BCUT2D eigenvalue weighted by Crippen LogP contribution is -2.14. The molecule has 2 heterocycles. The van der Waals surface area contributed by atoms with E-state index < -0.39 is 0 Å². The summed E-state index contributed by atoms with van der Waals surface area (Å²) < 4.78 is 2.26. The molecule has 0 aromatic carbocycles. The van der Waals surface area contributed by atoms with Crippen LogP contribution in [0.2, 0.25) is 0 Å². The van der Waals surface area contributed by atoms with E-state index in [9.17, 15) is 0 Å². The van der Waals surface area contributed by atoms with Crippen LogP contribution >= 0.6 is 0 Å². The Balaban J connectivity index is 1.68. The zero-order chi connectivity index (χ0) is 12.9. The van der Waals surface area contributed by atoms with Gasteiger partial charge in [0.2, 0.25) is 0 Å². The van der Waals surface area contributed by atoms with Crippen LogP contribution in [0.25, 0.3) is 11.3 Å². The number of imidazole rings is 1. The van der Waals surface area contributed by atoms with Crippen molar-refractivity contribution >= 4 is 5.82 Å². The number of rotatable bonds is 4. The van der Waals surface area contributed by atoms with Crippen LogP contribution in [-0.4, -0.2) is 14.5 Å². The van der Waals surface area contributed by atoms with Crippen molar-refractivity contribution in [2.75, 3.05) is 5.73 Å². The van der Waals surface area contributed by atoms with Gasteiger partial charge in [0, 0.05) is 18.3 Å². The molecule has 2 aromatic rings. The van der Waals surface area contributed by atoms with Crippen LogP contribution in [0, 0.1) is 11.3 Å². The number of nitrogens with two attached hydrogens (primary N) is 1. The molecule has 4 rings (SSSR count). The fraction of sp³-hybridized carbons (Fsp3) is 0.467. The second-order valence-corrected chi connectivity index (χ2v) is 5.98. The second kappa shape index (κ2) is 3.83. The molecule has 2 fully saturated rings. The maximum atomic E-state index is 5.98. The molecule has 0 saturated heterocycles. The number of hydrogen-bond acceptors (Lipinski definition) is 3. The number of hydrogen-bond donors (Lipinski definition) is 1. The average Bonchev–Trinajstić information content (AvgIpc) is 3.29. The molecular weight excluding hydrogens is 236 g/mol. The fourth-order valence-corrected chi connectivity index (χ4v) is 3.20. The van der Waals surface area contributed by atoms with Crippen LogP contribution in [0.1, 0.15) is 25.7 Å². The molecule has 0 spiro atoms. The molecule has 4 nitrogen and oxygen atoms in total. The first kappa shape index (κ1) is 11.0. The second-order valence-electron chi connectivity index (χ2n) is 5.98. The van der Waals surface area contributed by atoms with Crippen molar-refractivity contribution in [3.05, 3.63) is 30.9 Å². The largest absolute Gasteiger partial charge is 0.383 e. The quantitative estimate of drug-likeness (QED) is 0.912. The summed E-state index contributed by atoms with van der Waals surface area (Å²) >= 11 is 0. The normalized spacial score (nSPS) is 20.4. The van der Waals surface area contributed by atoms with E-state index in [0.717, 1.165) is 23.7 Å². The first-order chi connectivity index (χ1) is 9.28. The predicted octanol–water partition coefficient (Wildman–Crippen LogP) is 2.72. The number of aromatic nitrogens is 3. The molecule has 0 aliphatic heterocycles. The van der Waals surface area contributed by atoms with E-state index >= 15 is 0 Å². The Morgan fingerprint density at radius 2 is 2.21 bits per heavy atom. The maximum absolute atomic E-state index is 5.98. The van der Waals surface area contributed by atoms with Crippen molar-refractivity contribution in [2.24, 2.45) is 11.3 Å². The van der Waals surface area contributed by atoms with E-state index in [2.05, 4.69) is 14.5 Å². The molecule has 0 bridgehead atoms. The van der Waals surface area contributed by atoms with E-state index in [-0.39, 0.29) is 0 Å². The van der Waals surface area contributed by atoms with Crippen molar-refractivity contribution in [2.45, 2.75) is 32.2 Å². The van der Waals surface area contributed by atoms with Crippen LogP contribution < -0.4 is 5.73 Å². The van der Waals surface area contributed by atoms with Gasteiger partial charge in [0.15, 0.2) is 0 Å². The molecule has 0 unspecified atom stereocenters. The fourth-order valence-electron chi connectivity index (χ4n) is 3.20. The Kier molecular flexibility index (Phi) is 2.22. The van der Waals surface area contributed by atoms with Gasteiger partial charge in [-0.2, -0.15) is 0 Å². The van der Waals surface area contributed by atoms with Crippen LogP contribution in [0.3, 0.4) is 0 Å². The number of nitrogen functional groups attached to an aromatic ring is 1. The Morgan fingerprint density at radius 1 is 1.37 bits per heavy atom. The summed E-state index contributed by atoms with van der Waals surface area (Å²) in [6.07, 6.45) is 11.1. The van der Waals surface area contributed by atoms with Gasteiger partial charge in [-0.05, 0) is 49.1 Å². The Morgan fingerprint density at radius 3 is 2.89 bits per heavy atom. The van der Waals surface area contributed by atoms with Gasteiger partial charge in [-0.1, -0.05) is 0 Å². The summed E-state index contributed by atoms with van der Waals surface area (Å²) in [6, 6.07) is 3.95. The third-order valence-electron chi connectivity index (χ3n) is 4.65. The summed E-state index contributed by atoms with van der Waals surface area (Å²) in [4.78, 5) is 8.48. The van der Waals surface area contributed by atoms with Crippen molar-refractivity contribution < 1.29 is 0 Å². The summed E-state index contributed by atoms with van der Waals surface area (Å²) in [5, 5.41) is 0. The van der Waals surface area contributed by atoms with Crippen molar-refractivity contribution in [3.8, 4) is 11.3 Å². The molecule has 2 aliphatic carbocycles. The van der Waals surface area contributed by atoms with Crippen LogP contribution in [0.5, 0.6) is 0 Å². The number of pyridine rings is 1. The monoisotopic (exact) mass is 254 g/mol. The summed E-state index contributed by atoms with van der Waals surface area (Å²) in [6.45, 7) is 1.08. The van der Waals surface area contributed by atoms with Gasteiger partial charge < -0.3 is 10.3 Å². The van der Waals surface area contributed by atoms with Crippen LogP contribution in [0.15, 0.2) is 30.9 Å². The minimum absolute atomic E-state index is 0.562. The summed E-state index contributed by atoms with van der Waals surface area (Å²) in [5.74, 6) is 1.54. The summed E-state index contributed by atoms with van der Waals surface area (Å²) in [5.41, 5.74) is 8.63. The third kappa shape index (κ3) is 1.82. The van der Waals surface area contributed by atoms with Gasteiger partial charge in [0.25, 0.3) is 0 Å². The predicted molar refractivity (Wildman–Crippen MR) is 74.3 cm³/mol. The van der Waals surface area contributed by atoms with Gasteiger partial charge in [0.1, 0.15) is 5.82 Å². The highest BCUT2D eigenvalue weighted by molar-refractivity contribution is 5.70. The van der Waals surface area contributed by atoms with Crippen molar-refractivity contribution in [1.82, 2.24) is 14.5 Å². The molecule has 98 valence electrons. The first-order valence-corrected chi connectivity index (χ1v) is 6.99. The highest BCUT2D eigenvalue weighted by Crippen LogP contribution is 2.62. The van der Waals surface area contributed by atoms with Crippen molar-refractivity contribution in [1.29, 1.82) is 0 Å². The van der Waals surface area contributed by atoms with Gasteiger partial charge in [-0.3, -0.25) is 0 Å². The van der Waals surface area contributed by atoms with Gasteiger partial charge in [0.05, 0.1) is 18.2 Å². The smallest absolute Gasteiger partial charge is 0.132 e. The van der Waals surface area contributed by atoms with E-state index in [0.29, 0.717) is 11.2 Å². The molecule has 4 heteroatoms. The molecular formula is C15H18N4. The topological polar surface area (TPSA) is 56.7 Å². The van der Waals surface area contributed by atoms with Crippen LogP contribution in [0.4, 0.5) is 5.82 Å². The Hall–Kier alpha value is -1.84. The van der Waals surface area contributed by atoms with Crippen LogP contribution in [-0.2, 0) is 6.54 Å². The lowest BCUT2D eigenvalue weighted by molar-refractivity contribution is 0.372. The first-order valence-electron chi connectivity index (χ1n) is 6.99.